The smallest absolute Gasteiger partial charge is 0.326 e. The van der Waals surface area contributed by atoms with Gasteiger partial charge in [0.25, 0.3) is 11.8 Å². The van der Waals surface area contributed by atoms with Gasteiger partial charge in [0.15, 0.2) is 11.5 Å². The number of nitrogen functional groups attached to an aromatic ring is 1. The summed E-state index contributed by atoms with van der Waals surface area (Å²) in [4.78, 5) is 29.1. The number of aromatic nitrogens is 3. The van der Waals surface area contributed by atoms with Crippen LogP contribution in [0.4, 0.5) is 18.9 Å². The quantitative estimate of drug-likeness (QED) is 0.226. The number of halogens is 5. The lowest BCUT2D eigenvalue weighted by Crippen LogP contribution is -2.31. The topological polar surface area (TPSA) is 141 Å². The average molecular weight is 533 g/mol. The predicted octanol–water partition coefficient (Wildman–Crippen LogP) is 3.02. The number of nitrogens with one attached hydrogen (secondary N) is 2. The number of nitrogens with zero attached hydrogens (tertiary/aromatic N) is 3. The molecule has 0 unspecified atom stereocenters. The number of amides is 2. The van der Waals surface area contributed by atoms with Gasteiger partial charge in [0.1, 0.15) is 5.69 Å². The first-order chi connectivity index (χ1) is 15.1. The van der Waals surface area contributed by atoms with Crippen molar-refractivity contribution < 1.29 is 22.8 Å². The summed E-state index contributed by atoms with van der Waals surface area (Å²) < 4.78 is 40.8. The largest absolute Gasteiger partial charge is 0.435 e. The molecule has 0 fully saturated rings. The number of hydrogen-bond acceptors (Lipinski definition) is 6. The van der Waals surface area contributed by atoms with Crippen LogP contribution in [0, 0.1) is 0 Å². The summed E-state index contributed by atoms with van der Waals surface area (Å²) >= 11 is 9.26. The number of anilines is 1. The van der Waals surface area contributed by atoms with E-state index in [0.717, 1.165) is 0 Å². The van der Waals surface area contributed by atoms with Crippen LogP contribution in [0.5, 0.6) is 0 Å². The van der Waals surface area contributed by atoms with Gasteiger partial charge in [0.05, 0.1) is 16.3 Å². The van der Waals surface area contributed by atoms with Crippen LogP contribution in [-0.2, 0) is 12.7 Å². The zero-order valence-corrected chi connectivity index (χ0v) is 18.2. The van der Waals surface area contributed by atoms with Gasteiger partial charge in [-0.15, -0.1) is 0 Å². The molecule has 32 heavy (non-hydrogen) atoms. The fourth-order valence-electron chi connectivity index (χ4n) is 2.72. The molecular weight excluding hydrogens is 519 g/mol. The molecule has 0 aliphatic heterocycles. The molecule has 0 saturated carbocycles. The molecule has 0 saturated heterocycles. The Bertz CT molecular complexity index is 1200. The second-order valence-corrected chi connectivity index (χ2v) is 7.53. The van der Waals surface area contributed by atoms with Gasteiger partial charge < -0.3 is 11.1 Å². The molecule has 0 radical (unpaired) electrons. The molecular formula is C18H14BrClF3N7O2. The molecule has 3 rings (SSSR count). The highest BCUT2D eigenvalue weighted by Crippen LogP contribution is 2.32. The Kier molecular flexibility index (Phi) is 6.83. The van der Waals surface area contributed by atoms with Gasteiger partial charge in [-0.3, -0.25) is 15.0 Å². The summed E-state index contributed by atoms with van der Waals surface area (Å²) in [5.74, 6) is 3.25. The van der Waals surface area contributed by atoms with Gasteiger partial charge in [-0.2, -0.15) is 18.3 Å². The number of hydrogen-bond donors (Lipinski definition) is 4. The number of rotatable bonds is 5. The SMILES string of the molecule is NCc1cc(Br)c(NC(=O)c2cc(C(F)(F)F)nn2-c2ncccc2Cl)c(C(=O)NN)c1. The Balaban J connectivity index is 2.12. The maximum absolute atomic E-state index is 13.3. The highest BCUT2D eigenvalue weighted by atomic mass is 79.9. The molecule has 0 aliphatic carbocycles. The van der Waals surface area contributed by atoms with E-state index in [1.54, 1.807) is 0 Å². The van der Waals surface area contributed by atoms with Gasteiger partial charge in [-0.25, -0.2) is 15.5 Å². The molecule has 3 aromatic rings. The summed E-state index contributed by atoms with van der Waals surface area (Å²) in [5, 5.41) is 5.84. The first-order valence-corrected chi connectivity index (χ1v) is 9.86. The molecule has 0 aliphatic rings. The van der Waals surface area contributed by atoms with Gasteiger partial charge in [-0.05, 0) is 45.8 Å². The van der Waals surface area contributed by atoms with E-state index >= 15 is 0 Å². The van der Waals surface area contributed by atoms with E-state index in [-0.39, 0.29) is 33.1 Å². The average Bonchev–Trinajstić information content (AvgIpc) is 3.20. The zero-order chi connectivity index (χ0) is 23.6. The Hall–Kier alpha value is -3.00. The maximum atomic E-state index is 13.3. The summed E-state index contributed by atoms with van der Waals surface area (Å²) in [6.45, 7) is 0.0809. The highest BCUT2D eigenvalue weighted by Gasteiger charge is 2.36. The minimum Gasteiger partial charge on any atom is -0.326 e. The van der Waals surface area contributed by atoms with Crippen LogP contribution in [0.1, 0.15) is 32.1 Å². The van der Waals surface area contributed by atoms with Crippen molar-refractivity contribution in [2.24, 2.45) is 11.6 Å². The molecule has 2 heterocycles. The fourth-order valence-corrected chi connectivity index (χ4v) is 3.53. The Morgan fingerprint density at radius 3 is 2.53 bits per heavy atom. The summed E-state index contributed by atoms with van der Waals surface area (Å²) in [6.07, 6.45) is -3.56. The van der Waals surface area contributed by atoms with Crippen molar-refractivity contribution in [3.63, 3.8) is 0 Å². The van der Waals surface area contributed by atoms with Crippen LogP contribution in [-0.4, -0.2) is 26.6 Å². The van der Waals surface area contributed by atoms with E-state index in [0.29, 0.717) is 16.3 Å². The standard InChI is InChI=1S/C18H14BrClF3N7O2/c19-10-5-8(7-24)4-9(16(31)28-25)14(10)27-17(32)12-6-13(18(21,22)23)29-30(12)15-11(20)2-1-3-26-15/h1-6H,7,24-25H2,(H,27,32)(H,28,31). The number of alkyl halides is 3. The Morgan fingerprint density at radius 2 is 1.94 bits per heavy atom. The lowest BCUT2D eigenvalue weighted by Gasteiger charge is -2.14. The molecule has 168 valence electrons. The van der Waals surface area contributed by atoms with E-state index in [2.05, 4.69) is 31.3 Å². The molecule has 14 heteroatoms. The van der Waals surface area contributed by atoms with Crippen molar-refractivity contribution in [2.45, 2.75) is 12.7 Å². The molecule has 0 spiro atoms. The van der Waals surface area contributed by atoms with Crippen LogP contribution in [0.25, 0.3) is 5.82 Å². The van der Waals surface area contributed by atoms with Gasteiger partial charge >= 0.3 is 6.18 Å². The van der Waals surface area contributed by atoms with E-state index in [1.807, 2.05) is 5.43 Å². The van der Waals surface area contributed by atoms with Crippen LogP contribution < -0.4 is 22.3 Å². The third kappa shape index (κ3) is 4.75. The molecule has 1 aromatic carbocycles. The zero-order valence-electron chi connectivity index (χ0n) is 15.9. The van der Waals surface area contributed by atoms with Crippen molar-refractivity contribution in [3.8, 4) is 5.82 Å². The summed E-state index contributed by atoms with van der Waals surface area (Å²) in [5.41, 5.74) is 6.13. The molecule has 9 nitrogen and oxygen atoms in total. The normalized spacial score (nSPS) is 11.3. The molecule has 0 bridgehead atoms. The predicted molar refractivity (Wildman–Crippen MR) is 113 cm³/mol. The molecule has 6 N–H and O–H groups in total. The lowest BCUT2D eigenvalue weighted by atomic mass is 10.1. The minimum atomic E-state index is -4.84. The monoisotopic (exact) mass is 531 g/mol. The Labute approximate surface area is 192 Å². The highest BCUT2D eigenvalue weighted by molar-refractivity contribution is 9.10. The van der Waals surface area contributed by atoms with Crippen LogP contribution in [0.2, 0.25) is 5.02 Å². The van der Waals surface area contributed by atoms with E-state index < -0.39 is 29.4 Å². The third-order valence-corrected chi connectivity index (χ3v) is 5.09. The van der Waals surface area contributed by atoms with Crippen molar-refractivity contribution in [1.82, 2.24) is 20.2 Å². The number of carbonyl (C=O) groups excluding carboxylic acids is 2. The van der Waals surface area contributed by atoms with Crippen molar-refractivity contribution in [2.75, 3.05) is 5.32 Å². The van der Waals surface area contributed by atoms with Crippen LogP contribution in [0.15, 0.2) is 41.0 Å². The van der Waals surface area contributed by atoms with E-state index in [9.17, 15) is 22.8 Å². The van der Waals surface area contributed by atoms with Crippen LogP contribution in [0.3, 0.4) is 0 Å². The first-order valence-electron chi connectivity index (χ1n) is 8.69. The molecule has 0 atom stereocenters. The minimum absolute atomic E-state index is 0.0324. The van der Waals surface area contributed by atoms with Crippen molar-refractivity contribution in [3.05, 3.63) is 68.5 Å². The van der Waals surface area contributed by atoms with Crippen molar-refractivity contribution >= 4 is 45.0 Å². The lowest BCUT2D eigenvalue weighted by molar-refractivity contribution is -0.141. The Morgan fingerprint density at radius 1 is 1.22 bits per heavy atom. The number of nitrogens with two attached hydrogens (primary N) is 2. The van der Waals surface area contributed by atoms with Crippen LogP contribution >= 0.6 is 27.5 Å². The van der Waals surface area contributed by atoms with Gasteiger partial charge in [0, 0.05) is 23.3 Å². The fraction of sp³-hybridized carbons (Fsp3) is 0.111. The van der Waals surface area contributed by atoms with Crippen molar-refractivity contribution in [1.29, 1.82) is 0 Å². The summed E-state index contributed by atoms with van der Waals surface area (Å²) in [7, 11) is 0. The molecule has 2 amide bonds. The van der Waals surface area contributed by atoms with E-state index in [4.69, 9.17) is 23.2 Å². The number of pyridine rings is 1. The number of carbonyl (C=O) groups is 2. The maximum Gasteiger partial charge on any atom is 0.435 e. The number of hydrazine groups is 1. The summed E-state index contributed by atoms with van der Waals surface area (Å²) in [6, 6.07) is 6.32. The first kappa shape index (κ1) is 23.7. The van der Waals surface area contributed by atoms with Gasteiger partial charge in [-0.1, -0.05) is 11.6 Å². The third-order valence-electron chi connectivity index (χ3n) is 4.17. The molecule has 2 aromatic heterocycles. The second kappa shape index (κ2) is 9.24. The number of benzene rings is 1. The van der Waals surface area contributed by atoms with E-state index in [1.165, 1.54) is 30.5 Å². The van der Waals surface area contributed by atoms with Gasteiger partial charge in [0.2, 0.25) is 0 Å². The second-order valence-electron chi connectivity index (χ2n) is 6.27.